The summed E-state index contributed by atoms with van der Waals surface area (Å²) in [4.78, 5) is 12.4. The van der Waals surface area contributed by atoms with Gasteiger partial charge in [-0.2, -0.15) is 0 Å². The number of anilines is 3. The van der Waals surface area contributed by atoms with E-state index in [1.165, 1.54) is 36.4 Å². The van der Waals surface area contributed by atoms with Crippen LogP contribution in [-0.4, -0.2) is 35.5 Å². The fourth-order valence-corrected chi connectivity index (χ4v) is 6.09. The van der Waals surface area contributed by atoms with E-state index in [4.69, 9.17) is 34.8 Å². The van der Waals surface area contributed by atoms with Crippen molar-refractivity contribution in [2.75, 3.05) is 27.1 Å². The molecular formula is C24H24Cl3N3O5S2. The van der Waals surface area contributed by atoms with Crippen molar-refractivity contribution < 1.29 is 21.6 Å². The Morgan fingerprint density at radius 1 is 0.919 bits per heavy atom. The zero-order chi connectivity index (χ0) is 27.4. The van der Waals surface area contributed by atoms with E-state index in [0.717, 1.165) is 10.6 Å². The number of nitrogens with zero attached hydrogens (tertiary/aromatic N) is 1. The Hall–Kier alpha value is -2.50. The Balaban J connectivity index is 1.61. The fraction of sp³-hybridized carbons (Fsp3) is 0.208. The summed E-state index contributed by atoms with van der Waals surface area (Å²) in [5.74, 6) is -0.367. The number of hydrogen-bond donors (Lipinski definition) is 2. The van der Waals surface area contributed by atoms with Crippen molar-refractivity contribution in [1.82, 2.24) is 0 Å². The first-order valence-electron chi connectivity index (χ1n) is 10.9. The minimum absolute atomic E-state index is 0.00655. The summed E-state index contributed by atoms with van der Waals surface area (Å²) in [6.07, 6.45) is 1.26. The maximum atomic E-state index is 12.7. The molecule has 0 heterocycles. The van der Waals surface area contributed by atoms with Gasteiger partial charge in [0.25, 0.3) is 10.0 Å². The highest BCUT2D eigenvalue weighted by Gasteiger charge is 2.21. The smallest absolute Gasteiger partial charge is 0.261 e. The molecule has 3 aromatic carbocycles. The monoisotopic (exact) mass is 603 g/mol. The predicted octanol–water partition coefficient (Wildman–Crippen LogP) is 5.94. The fourth-order valence-electron chi connectivity index (χ4n) is 3.39. The Bertz CT molecular complexity index is 1510. The number of carbonyl (C=O) groups excluding carboxylic acids is 1. The summed E-state index contributed by atoms with van der Waals surface area (Å²) in [6, 6.07) is 15.1. The van der Waals surface area contributed by atoms with E-state index in [1.54, 1.807) is 31.2 Å². The molecule has 0 atom stereocenters. The first-order chi connectivity index (χ1) is 17.3. The van der Waals surface area contributed by atoms with Gasteiger partial charge in [0, 0.05) is 28.7 Å². The third kappa shape index (κ3) is 7.75. The van der Waals surface area contributed by atoms with Crippen LogP contribution in [0.2, 0.25) is 15.1 Å². The van der Waals surface area contributed by atoms with Gasteiger partial charge >= 0.3 is 0 Å². The molecule has 13 heteroatoms. The van der Waals surface area contributed by atoms with E-state index in [9.17, 15) is 21.6 Å². The van der Waals surface area contributed by atoms with E-state index in [-0.39, 0.29) is 40.9 Å². The maximum absolute atomic E-state index is 12.7. The number of hydrogen-bond acceptors (Lipinski definition) is 5. The van der Waals surface area contributed by atoms with Crippen LogP contribution in [0.4, 0.5) is 17.1 Å². The molecule has 0 fully saturated rings. The molecule has 0 bridgehead atoms. The number of amides is 1. The molecule has 3 rings (SSSR count). The van der Waals surface area contributed by atoms with Crippen molar-refractivity contribution in [3.63, 3.8) is 0 Å². The van der Waals surface area contributed by atoms with E-state index in [1.807, 2.05) is 0 Å². The highest BCUT2D eigenvalue weighted by atomic mass is 35.5. The standard InChI is InChI=1S/C24H24Cl3N3O5S2/c1-16-20(26)5-3-6-22(16)29-37(34,35)19-11-9-18(10-12-19)28-24(31)7-4-14-30(36(2,32)33)23-15-17(25)8-13-21(23)27/h3,5-6,8-13,15,29H,4,7,14H2,1-2H3,(H,28,31). The van der Waals surface area contributed by atoms with E-state index in [0.29, 0.717) is 27.0 Å². The zero-order valence-corrected chi connectivity index (χ0v) is 23.7. The maximum Gasteiger partial charge on any atom is 0.261 e. The van der Waals surface area contributed by atoms with Crippen LogP contribution in [0.15, 0.2) is 65.6 Å². The molecule has 0 aromatic heterocycles. The summed E-state index contributed by atoms with van der Waals surface area (Å²) < 4.78 is 53.6. The molecule has 1 amide bonds. The average Bonchev–Trinajstić information content (AvgIpc) is 2.81. The number of benzene rings is 3. The van der Waals surface area contributed by atoms with Crippen LogP contribution in [0.25, 0.3) is 0 Å². The van der Waals surface area contributed by atoms with Gasteiger partial charge in [-0.3, -0.25) is 13.8 Å². The molecule has 37 heavy (non-hydrogen) atoms. The van der Waals surface area contributed by atoms with E-state index in [2.05, 4.69) is 10.0 Å². The quantitative estimate of drug-likeness (QED) is 0.297. The van der Waals surface area contributed by atoms with Gasteiger partial charge in [0.1, 0.15) is 0 Å². The predicted molar refractivity (Wildman–Crippen MR) is 150 cm³/mol. The molecule has 8 nitrogen and oxygen atoms in total. The van der Waals surface area contributed by atoms with Gasteiger partial charge in [0.15, 0.2) is 0 Å². The molecule has 198 valence electrons. The minimum Gasteiger partial charge on any atom is -0.326 e. The van der Waals surface area contributed by atoms with Gasteiger partial charge < -0.3 is 5.32 Å². The molecule has 0 saturated heterocycles. The summed E-state index contributed by atoms with van der Waals surface area (Å²) in [7, 11) is -7.54. The van der Waals surface area contributed by atoms with Crippen LogP contribution in [0.5, 0.6) is 0 Å². The first kappa shape index (κ1) is 29.1. The molecular weight excluding hydrogens is 581 g/mol. The second kappa shape index (κ2) is 11.9. The molecule has 0 aliphatic carbocycles. The molecule has 0 aliphatic rings. The molecule has 0 radical (unpaired) electrons. The highest BCUT2D eigenvalue weighted by molar-refractivity contribution is 7.92. The van der Waals surface area contributed by atoms with Crippen LogP contribution < -0.4 is 14.3 Å². The molecule has 3 aromatic rings. The molecule has 0 aliphatic heterocycles. The van der Waals surface area contributed by atoms with Crippen molar-refractivity contribution >= 4 is 77.8 Å². The molecule has 0 saturated carbocycles. The lowest BCUT2D eigenvalue weighted by Crippen LogP contribution is -2.31. The number of sulfonamides is 2. The van der Waals surface area contributed by atoms with Gasteiger partial charge in [-0.25, -0.2) is 16.8 Å². The summed E-state index contributed by atoms with van der Waals surface area (Å²) in [5.41, 5.74) is 1.59. The topological polar surface area (TPSA) is 113 Å². The van der Waals surface area contributed by atoms with Gasteiger partial charge in [-0.1, -0.05) is 40.9 Å². The summed E-state index contributed by atoms with van der Waals surface area (Å²) in [5, 5.41) is 3.66. The lowest BCUT2D eigenvalue weighted by molar-refractivity contribution is -0.116. The van der Waals surface area contributed by atoms with Crippen LogP contribution in [-0.2, 0) is 24.8 Å². The van der Waals surface area contributed by atoms with Gasteiger partial charge in [-0.05, 0) is 73.5 Å². The van der Waals surface area contributed by atoms with Gasteiger partial charge in [0.2, 0.25) is 15.9 Å². The van der Waals surface area contributed by atoms with Crippen molar-refractivity contribution in [3.05, 3.63) is 81.3 Å². The van der Waals surface area contributed by atoms with Crippen LogP contribution in [0.1, 0.15) is 18.4 Å². The van der Waals surface area contributed by atoms with E-state index >= 15 is 0 Å². The van der Waals surface area contributed by atoms with Crippen LogP contribution in [0, 0.1) is 6.92 Å². The Kier molecular flexibility index (Phi) is 9.36. The Morgan fingerprint density at radius 2 is 1.59 bits per heavy atom. The number of halogens is 3. The third-order valence-corrected chi connectivity index (χ3v) is 8.83. The molecule has 0 spiro atoms. The summed E-state index contributed by atoms with van der Waals surface area (Å²) >= 11 is 18.2. The molecule has 2 N–H and O–H groups in total. The van der Waals surface area contributed by atoms with Gasteiger partial charge in [-0.15, -0.1) is 0 Å². The van der Waals surface area contributed by atoms with Crippen molar-refractivity contribution in [2.45, 2.75) is 24.7 Å². The summed E-state index contributed by atoms with van der Waals surface area (Å²) in [6.45, 7) is 1.72. The van der Waals surface area contributed by atoms with Crippen LogP contribution in [0.3, 0.4) is 0 Å². The Labute approximate surface area is 231 Å². The Morgan fingerprint density at radius 3 is 2.24 bits per heavy atom. The second-order valence-electron chi connectivity index (χ2n) is 8.12. The number of rotatable bonds is 10. The van der Waals surface area contributed by atoms with Crippen molar-refractivity contribution in [3.8, 4) is 0 Å². The third-order valence-electron chi connectivity index (χ3n) is 5.30. The normalized spacial score (nSPS) is 11.7. The minimum atomic E-state index is -3.87. The van der Waals surface area contributed by atoms with Crippen LogP contribution >= 0.6 is 34.8 Å². The van der Waals surface area contributed by atoms with Crippen molar-refractivity contribution in [1.29, 1.82) is 0 Å². The van der Waals surface area contributed by atoms with E-state index < -0.39 is 20.0 Å². The lowest BCUT2D eigenvalue weighted by Gasteiger charge is -2.23. The zero-order valence-electron chi connectivity index (χ0n) is 19.8. The number of nitrogens with one attached hydrogen (secondary N) is 2. The van der Waals surface area contributed by atoms with Crippen molar-refractivity contribution in [2.24, 2.45) is 0 Å². The molecule has 0 unspecified atom stereocenters. The highest BCUT2D eigenvalue weighted by Crippen LogP contribution is 2.31. The van der Waals surface area contributed by atoms with Gasteiger partial charge in [0.05, 0.1) is 27.5 Å². The first-order valence-corrected chi connectivity index (χ1v) is 15.3. The SMILES string of the molecule is Cc1c(Cl)cccc1NS(=O)(=O)c1ccc(NC(=O)CCCN(c2cc(Cl)ccc2Cl)S(C)(=O)=O)cc1. The second-order valence-corrected chi connectivity index (χ2v) is 13.0. The average molecular weight is 605 g/mol. The largest absolute Gasteiger partial charge is 0.326 e. The lowest BCUT2D eigenvalue weighted by atomic mass is 10.2. The number of carbonyl (C=O) groups is 1.